The standard InChI is InChI=1S/C16H14N2O3/c19-13-8-4-5-9-14(13)20-11-16-17-15(18-21-16)10-12-6-2-1-3-7-12/h1-9,19H,10-11H2. The third kappa shape index (κ3) is 3.39. The summed E-state index contributed by atoms with van der Waals surface area (Å²) in [7, 11) is 0. The van der Waals surface area contributed by atoms with Crippen LogP contribution in [0, 0.1) is 0 Å². The fourth-order valence-electron chi connectivity index (χ4n) is 1.92. The quantitative estimate of drug-likeness (QED) is 0.779. The minimum Gasteiger partial charge on any atom is -0.504 e. The normalized spacial score (nSPS) is 10.5. The number of para-hydroxylation sites is 2. The Morgan fingerprint density at radius 3 is 2.57 bits per heavy atom. The SMILES string of the molecule is Oc1ccccc1OCc1nc(Cc2ccccc2)no1. The van der Waals surface area contributed by atoms with Gasteiger partial charge < -0.3 is 14.4 Å². The number of ether oxygens (including phenoxy) is 1. The van der Waals surface area contributed by atoms with Crippen molar-refractivity contribution in [2.45, 2.75) is 13.0 Å². The summed E-state index contributed by atoms with van der Waals surface area (Å²) < 4.78 is 10.6. The fraction of sp³-hybridized carbons (Fsp3) is 0.125. The molecule has 1 heterocycles. The topological polar surface area (TPSA) is 68.4 Å². The largest absolute Gasteiger partial charge is 0.504 e. The molecular formula is C16H14N2O3. The first kappa shape index (κ1) is 13.2. The average molecular weight is 282 g/mol. The number of phenols is 1. The molecule has 0 fully saturated rings. The molecule has 0 saturated carbocycles. The molecule has 0 atom stereocenters. The third-order valence-corrected chi connectivity index (χ3v) is 2.93. The molecule has 3 rings (SSSR count). The van der Waals surface area contributed by atoms with Crippen LogP contribution < -0.4 is 4.74 Å². The molecule has 1 aromatic heterocycles. The number of aromatic nitrogens is 2. The van der Waals surface area contributed by atoms with Crippen molar-refractivity contribution >= 4 is 0 Å². The highest BCUT2D eigenvalue weighted by atomic mass is 16.5. The van der Waals surface area contributed by atoms with Gasteiger partial charge in [-0.25, -0.2) is 0 Å². The lowest BCUT2D eigenvalue weighted by molar-refractivity contribution is 0.234. The van der Waals surface area contributed by atoms with Crippen LogP contribution in [0.1, 0.15) is 17.3 Å². The van der Waals surface area contributed by atoms with Crippen molar-refractivity contribution in [1.29, 1.82) is 0 Å². The molecule has 0 aliphatic rings. The van der Waals surface area contributed by atoms with Gasteiger partial charge in [0.25, 0.3) is 5.89 Å². The van der Waals surface area contributed by atoms with E-state index in [-0.39, 0.29) is 12.4 Å². The van der Waals surface area contributed by atoms with Crippen molar-refractivity contribution in [2.75, 3.05) is 0 Å². The van der Waals surface area contributed by atoms with Crippen LogP contribution in [0.25, 0.3) is 0 Å². The lowest BCUT2D eigenvalue weighted by Crippen LogP contribution is -1.97. The molecule has 106 valence electrons. The van der Waals surface area contributed by atoms with E-state index < -0.39 is 0 Å². The number of aromatic hydroxyl groups is 1. The zero-order chi connectivity index (χ0) is 14.5. The summed E-state index contributed by atoms with van der Waals surface area (Å²) in [4.78, 5) is 4.27. The number of phenolic OH excluding ortho intramolecular Hbond substituents is 1. The van der Waals surface area contributed by atoms with Crippen molar-refractivity contribution in [2.24, 2.45) is 0 Å². The van der Waals surface area contributed by atoms with Crippen molar-refractivity contribution < 1.29 is 14.4 Å². The number of nitrogens with zero attached hydrogens (tertiary/aromatic N) is 2. The monoisotopic (exact) mass is 282 g/mol. The Kier molecular flexibility index (Phi) is 3.82. The highest BCUT2D eigenvalue weighted by Gasteiger charge is 2.09. The van der Waals surface area contributed by atoms with Gasteiger partial charge in [-0.2, -0.15) is 4.98 Å². The summed E-state index contributed by atoms with van der Waals surface area (Å²) in [5.74, 6) is 1.46. The van der Waals surface area contributed by atoms with Crippen molar-refractivity contribution in [1.82, 2.24) is 10.1 Å². The zero-order valence-corrected chi connectivity index (χ0v) is 11.3. The number of hydrogen-bond donors (Lipinski definition) is 1. The summed E-state index contributed by atoms with van der Waals surface area (Å²) >= 11 is 0. The maximum absolute atomic E-state index is 9.60. The fourth-order valence-corrected chi connectivity index (χ4v) is 1.92. The molecule has 0 amide bonds. The molecule has 1 N–H and O–H groups in total. The molecule has 0 unspecified atom stereocenters. The first-order chi connectivity index (χ1) is 10.3. The van der Waals surface area contributed by atoms with E-state index >= 15 is 0 Å². The van der Waals surface area contributed by atoms with Crippen LogP contribution in [0.5, 0.6) is 11.5 Å². The van der Waals surface area contributed by atoms with E-state index in [0.29, 0.717) is 23.9 Å². The summed E-state index contributed by atoms with van der Waals surface area (Å²) in [6.07, 6.45) is 0.612. The van der Waals surface area contributed by atoms with Gasteiger partial charge in [0.05, 0.1) is 0 Å². The molecule has 5 heteroatoms. The highest BCUT2D eigenvalue weighted by molar-refractivity contribution is 5.37. The van der Waals surface area contributed by atoms with E-state index in [2.05, 4.69) is 10.1 Å². The van der Waals surface area contributed by atoms with Crippen LogP contribution in [0.4, 0.5) is 0 Å². The van der Waals surface area contributed by atoms with Crippen molar-refractivity contribution in [3.05, 3.63) is 71.9 Å². The van der Waals surface area contributed by atoms with Gasteiger partial charge in [0.1, 0.15) is 0 Å². The van der Waals surface area contributed by atoms with E-state index in [0.717, 1.165) is 5.56 Å². The highest BCUT2D eigenvalue weighted by Crippen LogP contribution is 2.25. The van der Waals surface area contributed by atoms with Gasteiger partial charge in [0, 0.05) is 6.42 Å². The Morgan fingerprint density at radius 2 is 1.76 bits per heavy atom. The van der Waals surface area contributed by atoms with Crippen molar-refractivity contribution in [3.8, 4) is 11.5 Å². The van der Waals surface area contributed by atoms with E-state index in [4.69, 9.17) is 9.26 Å². The van der Waals surface area contributed by atoms with Crippen molar-refractivity contribution in [3.63, 3.8) is 0 Å². The van der Waals surface area contributed by atoms with Gasteiger partial charge in [-0.05, 0) is 17.7 Å². The summed E-state index contributed by atoms with van der Waals surface area (Å²) in [5.41, 5.74) is 1.12. The molecule has 21 heavy (non-hydrogen) atoms. The van der Waals surface area contributed by atoms with Gasteiger partial charge in [0.15, 0.2) is 23.9 Å². The van der Waals surface area contributed by atoms with Crippen LogP contribution in [0.2, 0.25) is 0 Å². The Hall–Kier alpha value is -2.82. The second-order valence-electron chi connectivity index (χ2n) is 4.52. The van der Waals surface area contributed by atoms with Crippen LogP contribution in [-0.4, -0.2) is 15.2 Å². The van der Waals surface area contributed by atoms with Crippen LogP contribution in [0.3, 0.4) is 0 Å². The van der Waals surface area contributed by atoms with Gasteiger partial charge in [-0.1, -0.05) is 47.6 Å². The second-order valence-corrected chi connectivity index (χ2v) is 4.52. The molecule has 0 radical (unpaired) electrons. The second kappa shape index (κ2) is 6.09. The number of rotatable bonds is 5. The maximum atomic E-state index is 9.60. The average Bonchev–Trinajstić information content (AvgIpc) is 2.95. The first-order valence-electron chi connectivity index (χ1n) is 6.57. The molecule has 2 aromatic carbocycles. The molecule has 0 spiro atoms. The third-order valence-electron chi connectivity index (χ3n) is 2.93. The van der Waals surface area contributed by atoms with Crippen LogP contribution >= 0.6 is 0 Å². The van der Waals surface area contributed by atoms with Gasteiger partial charge >= 0.3 is 0 Å². The molecule has 0 bridgehead atoms. The van der Waals surface area contributed by atoms with Crippen LogP contribution in [0.15, 0.2) is 59.1 Å². The summed E-state index contributed by atoms with van der Waals surface area (Å²) in [5, 5.41) is 13.5. The van der Waals surface area contributed by atoms with E-state index in [1.54, 1.807) is 24.3 Å². The summed E-state index contributed by atoms with van der Waals surface area (Å²) in [6.45, 7) is 0.124. The predicted octanol–water partition coefficient (Wildman–Crippen LogP) is 2.95. The molecule has 5 nitrogen and oxygen atoms in total. The number of hydrogen-bond acceptors (Lipinski definition) is 5. The molecule has 0 aliphatic heterocycles. The molecule has 0 aliphatic carbocycles. The van der Waals surface area contributed by atoms with E-state index in [1.807, 2.05) is 30.3 Å². The zero-order valence-electron chi connectivity index (χ0n) is 11.3. The Morgan fingerprint density at radius 1 is 1.00 bits per heavy atom. The minimum atomic E-state index is 0.0847. The molecule has 3 aromatic rings. The Bertz CT molecular complexity index is 710. The van der Waals surface area contributed by atoms with Crippen LogP contribution in [-0.2, 0) is 13.0 Å². The number of benzene rings is 2. The first-order valence-corrected chi connectivity index (χ1v) is 6.57. The lowest BCUT2D eigenvalue weighted by atomic mass is 10.1. The van der Waals surface area contributed by atoms with E-state index in [1.165, 1.54) is 0 Å². The minimum absolute atomic E-state index is 0.0847. The van der Waals surface area contributed by atoms with Gasteiger partial charge in [-0.15, -0.1) is 0 Å². The Labute approximate surface area is 121 Å². The molecule has 0 saturated heterocycles. The van der Waals surface area contributed by atoms with Gasteiger partial charge in [0.2, 0.25) is 0 Å². The predicted molar refractivity (Wildman–Crippen MR) is 76.0 cm³/mol. The lowest BCUT2D eigenvalue weighted by Gasteiger charge is -2.04. The molecular weight excluding hydrogens is 268 g/mol. The van der Waals surface area contributed by atoms with E-state index in [9.17, 15) is 5.11 Å². The van der Waals surface area contributed by atoms with Gasteiger partial charge in [-0.3, -0.25) is 0 Å². The smallest absolute Gasteiger partial charge is 0.264 e. The maximum Gasteiger partial charge on any atom is 0.264 e. The summed E-state index contributed by atoms with van der Waals surface area (Å²) in [6, 6.07) is 16.7. The Balaban J connectivity index is 1.62.